The topological polar surface area (TPSA) is 62.3 Å². The van der Waals surface area contributed by atoms with Crippen LogP contribution in [-0.4, -0.2) is 28.6 Å². The van der Waals surface area contributed by atoms with Crippen molar-refractivity contribution in [1.29, 1.82) is 0 Å². The van der Waals surface area contributed by atoms with Crippen molar-refractivity contribution in [1.82, 2.24) is 4.98 Å². The van der Waals surface area contributed by atoms with E-state index in [0.717, 1.165) is 25.8 Å². The molecule has 26 heavy (non-hydrogen) atoms. The van der Waals surface area contributed by atoms with E-state index in [0.29, 0.717) is 5.69 Å². The van der Waals surface area contributed by atoms with Gasteiger partial charge in [-0.25, -0.2) is 4.98 Å². The van der Waals surface area contributed by atoms with Gasteiger partial charge in [0.25, 0.3) is 5.91 Å². The molecule has 2 heterocycles. The second-order valence-corrected chi connectivity index (χ2v) is 9.03. The van der Waals surface area contributed by atoms with Crippen molar-refractivity contribution in [3.8, 4) is 0 Å². The molecule has 0 bridgehead atoms. The summed E-state index contributed by atoms with van der Waals surface area (Å²) in [6, 6.07) is 13.2. The van der Waals surface area contributed by atoms with Crippen molar-refractivity contribution in [2.75, 3.05) is 17.3 Å². The van der Waals surface area contributed by atoms with Gasteiger partial charge in [-0.3, -0.25) is 9.59 Å². The summed E-state index contributed by atoms with van der Waals surface area (Å²) in [6.07, 6.45) is 0. The lowest BCUT2D eigenvalue weighted by atomic mass is 10.1. The van der Waals surface area contributed by atoms with Gasteiger partial charge >= 0.3 is 0 Å². The molecule has 1 aliphatic heterocycles. The van der Waals surface area contributed by atoms with Crippen LogP contribution >= 0.6 is 23.1 Å². The van der Waals surface area contributed by atoms with Gasteiger partial charge in [-0.1, -0.05) is 23.9 Å². The van der Waals surface area contributed by atoms with E-state index < -0.39 is 4.75 Å². The van der Waals surface area contributed by atoms with Crippen LogP contribution in [0.3, 0.4) is 0 Å². The highest BCUT2D eigenvalue weighted by atomic mass is 32.2. The van der Waals surface area contributed by atoms with Crippen LogP contribution in [-0.2, 0) is 9.59 Å². The molecular formula is C19H17N3O2S2. The van der Waals surface area contributed by atoms with Crippen molar-refractivity contribution in [2.24, 2.45) is 0 Å². The Hall–Kier alpha value is -2.38. The molecule has 2 aromatic carbocycles. The second kappa shape index (κ2) is 6.10. The van der Waals surface area contributed by atoms with Gasteiger partial charge in [0.15, 0.2) is 4.75 Å². The number of benzene rings is 2. The van der Waals surface area contributed by atoms with Gasteiger partial charge in [0, 0.05) is 17.6 Å². The first-order valence-electron chi connectivity index (χ1n) is 8.13. The molecule has 0 spiro atoms. The molecule has 1 N–H and O–H groups in total. The lowest BCUT2D eigenvalue weighted by Crippen LogP contribution is -2.53. The zero-order valence-corrected chi connectivity index (χ0v) is 16.2. The molecular weight excluding hydrogens is 366 g/mol. The number of nitrogens with zero attached hydrogens (tertiary/aromatic N) is 2. The van der Waals surface area contributed by atoms with Crippen molar-refractivity contribution < 1.29 is 9.59 Å². The van der Waals surface area contributed by atoms with E-state index in [9.17, 15) is 9.59 Å². The number of thiazole rings is 1. The van der Waals surface area contributed by atoms with Gasteiger partial charge in [0.2, 0.25) is 5.91 Å². The minimum Gasteiger partial charge on any atom is -0.324 e. The summed E-state index contributed by atoms with van der Waals surface area (Å²) in [6.45, 7) is 3.63. The van der Waals surface area contributed by atoms with Crippen LogP contribution in [0.4, 0.5) is 11.4 Å². The van der Waals surface area contributed by atoms with Gasteiger partial charge in [-0.2, -0.15) is 0 Å². The third-order valence-electron chi connectivity index (χ3n) is 4.44. The number of para-hydroxylation sites is 1. The van der Waals surface area contributed by atoms with E-state index in [1.165, 1.54) is 11.8 Å². The predicted molar refractivity (Wildman–Crippen MR) is 107 cm³/mol. The fraction of sp³-hybridized carbons (Fsp3) is 0.211. The summed E-state index contributed by atoms with van der Waals surface area (Å²) < 4.78 is -0.211. The summed E-state index contributed by atoms with van der Waals surface area (Å²) in [5.41, 5.74) is 2.41. The number of hydrogen-bond acceptors (Lipinski definition) is 5. The molecule has 1 aliphatic rings. The molecule has 0 fully saturated rings. The zero-order chi connectivity index (χ0) is 18.5. The quantitative estimate of drug-likeness (QED) is 0.678. The van der Waals surface area contributed by atoms with E-state index >= 15 is 0 Å². The highest BCUT2D eigenvalue weighted by Gasteiger charge is 2.48. The molecule has 0 saturated carbocycles. The Morgan fingerprint density at radius 1 is 1.23 bits per heavy atom. The fourth-order valence-electron chi connectivity index (χ4n) is 3.02. The molecule has 1 atom stereocenters. The number of aryl methyl sites for hydroxylation is 1. The number of anilines is 2. The molecule has 0 aliphatic carbocycles. The van der Waals surface area contributed by atoms with Gasteiger partial charge in [0.05, 0.1) is 20.9 Å². The molecule has 132 valence electrons. The van der Waals surface area contributed by atoms with Crippen LogP contribution in [0.15, 0.2) is 47.4 Å². The number of thioether (sulfide) groups is 1. The molecule has 4 rings (SSSR count). The monoisotopic (exact) mass is 383 g/mol. The average Bonchev–Trinajstić information content (AvgIpc) is 2.99. The van der Waals surface area contributed by atoms with Gasteiger partial charge in [-0.05, 0) is 44.2 Å². The maximum Gasteiger partial charge on any atom is 0.252 e. The maximum atomic E-state index is 13.0. The van der Waals surface area contributed by atoms with Crippen LogP contribution in [0.2, 0.25) is 0 Å². The molecule has 7 heteroatoms. The van der Waals surface area contributed by atoms with Gasteiger partial charge in [0.1, 0.15) is 0 Å². The van der Waals surface area contributed by atoms with Gasteiger partial charge < -0.3 is 10.2 Å². The minimum absolute atomic E-state index is 0.228. The molecule has 3 aromatic rings. The number of hydrogen-bond donors (Lipinski definition) is 1. The van der Waals surface area contributed by atoms with Gasteiger partial charge in [-0.15, -0.1) is 11.3 Å². The summed E-state index contributed by atoms with van der Waals surface area (Å²) in [7, 11) is 1.71. The largest absolute Gasteiger partial charge is 0.324 e. The van der Waals surface area contributed by atoms with E-state index in [-0.39, 0.29) is 11.8 Å². The first kappa shape index (κ1) is 17.1. The SMILES string of the molecule is Cc1nc2ccc(NC(=O)C3(C)Sc4ccccc4N(C)C3=O)cc2s1. The van der Waals surface area contributed by atoms with Crippen LogP contribution in [0.1, 0.15) is 11.9 Å². The molecule has 2 amide bonds. The van der Waals surface area contributed by atoms with Crippen molar-refractivity contribution in [2.45, 2.75) is 23.5 Å². The fourth-order valence-corrected chi connectivity index (χ4v) is 5.16. The Balaban J connectivity index is 1.65. The van der Waals surface area contributed by atoms with Crippen LogP contribution < -0.4 is 10.2 Å². The molecule has 0 saturated heterocycles. The number of amides is 2. The summed E-state index contributed by atoms with van der Waals surface area (Å²) in [5.74, 6) is -0.553. The molecule has 1 unspecified atom stereocenters. The summed E-state index contributed by atoms with van der Waals surface area (Å²) >= 11 is 2.87. The summed E-state index contributed by atoms with van der Waals surface area (Å²) in [5, 5.41) is 3.89. The smallest absolute Gasteiger partial charge is 0.252 e. The Kier molecular flexibility index (Phi) is 4.00. The number of fused-ring (bicyclic) bond motifs is 2. The lowest BCUT2D eigenvalue weighted by molar-refractivity contribution is -0.128. The first-order chi connectivity index (χ1) is 12.4. The standard InChI is InChI=1S/C19H17N3O2S2/c1-11-20-13-9-8-12(10-16(13)25-11)21-17(23)19(2)18(24)22(3)14-6-4-5-7-15(14)26-19/h4-10H,1-3H3,(H,21,23). The van der Waals surface area contributed by atoms with E-state index in [4.69, 9.17) is 0 Å². The van der Waals surface area contributed by atoms with E-state index in [1.807, 2.05) is 49.4 Å². The molecule has 1 aromatic heterocycles. The van der Waals surface area contributed by atoms with Crippen molar-refractivity contribution in [3.63, 3.8) is 0 Å². The maximum absolute atomic E-state index is 13.0. The lowest BCUT2D eigenvalue weighted by Gasteiger charge is -2.36. The molecule has 0 radical (unpaired) electrons. The average molecular weight is 383 g/mol. The van der Waals surface area contributed by atoms with Crippen LogP contribution in [0, 0.1) is 6.92 Å². The third kappa shape index (κ3) is 2.68. The van der Waals surface area contributed by atoms with E-state index in [2.05, 4.69) is 10.3 Å². The normalized spacial score (nSPS) is 19.5. The van der Waals surface area contributed by atoms with E-state index in [1.54, 1.807) is 30.2 Å². The first-order valence-corrected chi connectivity index (χ1v) is 9.76. The zero-order valence-electron chi connectivity index (χ0n) is 14.6. The van der Waals surface area contributed by atoms with Crippen LogP contribution in [0.25, 0.3) is 10.2 Å². The number of nitrogens with one attached hydrogen (secondary N) is 1. The highest BCUT2D eigenvalue weighted by Crippen LogP contribution is 2.45. The minimum atomic E-state index is -1.22. The van der Waals surface area contributed by atoms with Crippen LogP contribution in [0.5, 0.6) is 0 Å². The van der Waals surface area contributed by atoms with Crippen molar-refractivity contribution >= 4 is 56.5 Å². The number of aromatic nitrogens is 1. The second-order valence-electron chi connectivity index (χ2n) is 6.34. The summed E-state index contributed by atoms with van der Waals surface area (Å²) in [4.78, 5) is 32.8. The number of rotatable bonds is 2. The number of carbonyl (C=O) groups excluding carboxylic acids is 2. The Morgan fingerprint density at radius 2 is 2.00 bits per heavy atom. The Morgan fingerprint density at radius 3 is 2.81 bits per heavy atom. The Bertz CT molecular complexity index is 1050. The predicted octanol–water partition coefficient (Wildman–Crippen LogP) is 4.07. The van der Waals surface area contributed by atoms with Crippen molar-refractivity contribution in [3.05, 3.63) is 47.5 Å². The Labute approximate surface area is 159 Å². The molecule has 5 nitrogen and oxygen atoms in total. The third-order valence-corrected chi connectivity index (χ3v) is 6.71. The number of carbonyl (C=O) groups is 2. The highest BCUT2D eigenvalue weighted by molar-refractivity contribution is 8.02.